The molecule has 168 valence electrons. The van der Waals surface area contributed by atoms with Crippen molar-refractivity contribution in [3.63, 3.8) is 0 Å². The van der Waals surface area contributed by atoms with Crippen LogP contribution in [0.4, 0.5) is 0 Å². The Bertz CT molecular complexity index is 1120. The van der Waals surface area contributed by atoms with Gasteiger partial charge < -0.3 is 4.90 Å². The quantitative estimate of drug-likeness (QED) is 0.475. The summed E-state index contributed by atoms with van der Waals surface area (Å²) in [6.45, 7) is 8.23. The maximum atomic E-state index is 13.0. The molecule has 0 N–H and O–H groups in total. The lowest BCUT2D eigenvalue weighted by atomic mass is 10.1. The summed E-state index contributed by atoms with van der Waals surface area (Å²) in [5.41, 5.74) is 4.61. The Morgan fingerprint density at radius 1 is 0.938 bits per heavy atom. The standard InChI is InChI=1S/C24H25Cl3N4O/c1-16-23(27)17(2)31(28-16)14-18-3-5-19(6-4-18)24(32)30-11-9-29(10-12-30)15-20-7-8-21(25)13-22(20)26/h3-8,13H,9-12,14-15H2,1-2H3. The summed E-state index contributed by atoms with van der Waals surface area (Å²) < 4.78 is 1.89. The lowest BCUT2D eigenvalue weighted by molar-refractivity contribution is 0.0628. The van der Waals surface area contributed by atoms with E-state index < -0.39 is 0 Å². The highest BCUT2D eigenvalue weighted by molar-refractivity contribution is 6.35. The molecule has 0 aliphatic carbocycles. The number of aryl methyl sites for hydroxylation is 1. The SMILES string of the molecule is Cc1nn(Cc2ccc(C(=O)N3CCN(Cc4ccc(Cl)cc4Cl)CC3)cc2)c(C)c1Cl. The number of hydrogen-bond donors (Lipinski definition) is 0. The summed E-state index contributed by atoms with van der Waals surface area (Å²) in [4.78, 5) is 17.2. The van der Waals surface area contributed by atoms with Gasteiger partial charge in [0.15, 0.2) is 0 Å². The van der Waals surface area contributed by atoms with E-state index >= 15 is 0 Å². The van der Waals surface area contributed by atoms with Crippen LogP contribution in [0.3, 0.4) is 0 Å². The van der Waals surface area contributed by atoms with Gasteiger partial charge in [0.1, 0.15) is 0 Å². The van der Waals surface area contributed by atoms with Crippen molar-refractivity contribution < 1.29 is 4.79 Å². The minimum atomic E-state index is 0.0647. The highest BCUT2D eigenvalue weighted by Gasteiger charge is 2.22. The van der Waals surface area contributed by atoms with Gasteiger partial charge in [-0.3, -0.25) is 14.4 Å². The molecule has 1 aromatic heterocycles. The number of nitrogens with zero attached hydrogens (tertiary/aromatic N) is 4. The van der Waals surface area contributed by atoms with E-state index in [1.54, 1.807) is 6.07 Å². The Hall–Kier alpha value is -2.05. The summed E-state index contributed by atoms with van der Waals surface area (Å²) in [6, 6.07) is 13.3. The summed E-state index contributed by atoms with van der Waals surface area (Å²) in [5.74, 6) is 0.0647. The first kappa shape index (κ1) is 23.1. The van der Waals surface area contributed by atoms with Crippen molar-refractivity contribution in [2.45, 2.75) is 26.9 Å². The van der Waals surface area contributed by atoms with E-state index in [9.17, 15) is 4.79 Å². The van der Waals surface area contributed by atoms with Crippen LogP contribution in [0.2, 0.25) is 15.1 Å². The van der Waals surface area contributed by atoms with Crippen LogP contribution in [0.25, 0.3) is 0 Å². The lowest BCUT2D eigenvalue weighted by Crippen LogP contribution is -2.48. The van der Waals surface area contributed by atoms with Gasteiger partial charge in [0.25, 0.3) is 5.91 Å². The zero-order valence-electron chi connectivity index (χ0n) is 18.1. The maximum absolute atomic E-state index is 13.0. The number of piperazine rings is 1. The number of hydrogen-bond acceptors (Lipinski definition) is 3. The molecule has 1 amide bonds. The number of rotatable bonds is 5. The van der Waals surface area contributed by atoms with Gasteiger partial charge in [-0.1, -0.05) is 53.0 Å². The monoisotopic (exact) mass is 490 g/mol. The predicted octanol–water partition coefficient (Wildman–Crippen LogP) is 5.47. The Morgan fingerprint density at radius 2 is 1.62 bits per heavy atom. The maximum Gasteiger partial charge on any atom is 0.253 e. The van der Waals surface area contributed by atoms with Gasteiger partial charge in [-0.25, -0.2) is 0 Å². The van der Waals surface area contributed by atoms with Gasteiger partial charge in [0.2, 0.25) is 0 Å². The molecule has 0 atom stereocenters. The van der Waals surface area contributed by atoms with Gasteiger partial charge >= 0.3 is 0 Å². The lowest BCUT2D eigenvalue weighted by Gasteiger charge is -2.35. The minimum absolute atomic E-state index is 0.0647. The molecule has 1 fully saturated rings. The summed E-state index contributed by atoms with van der Waals surface area (Å²) in [7, 11) is 0. The molecule has 0 radical (unpaired) electrons. The van der Waals surface area contributed by atoms with Crippen molar-refractivity contribution in [2.75, 3.05) is 26.2 Å². The van der Waals surface area contributed by atoms with Gasteiger partial charge in [0, 0.05) is 48.3 Å². The fraction of sp³-hybridized carbons (Fsp3) is 0.333. The van der Waals surface area contributed by atoms with Gasteiger partial charge in [0.05, 0.1) is 23.0 Å². The Morgan fingerprint density at radius 3 is 2.22 bits per heavy atom. The molecule has 8 heteroatoms. The number of amides is 1. The normalized spacial score (nSPS) is 14.7. The molecule has 3 aromatic rings. The van der Waals surface area contributed by atoms with Crippen LogP contribution in [0.1, 0.15) is 32.9 Å². The van der Waals surface area contributed by atoms with E-state index in [0.29, 0.717) is 40.3 Å². The minimum Gasteiger partial charge on any atom is -0.336 e. The zero-order chi connectivity index (χ0) is 22.8. The van der Waals surface area contributed by atoms with E-state index in [4.69, 9.17) is 34.8 Å². The average Bonchev–Trinajstić information content (AvgIpc) is 3.03. The van der Waals surface area contributed by atoms with Crippen molar-refractivity contribution in [3.8, 4) is 0 Å². The molecule has 2 aromatic carbocycles. The first-order valence-corrected chi connectivity index (χ1v) is 11.7. The van der Waals surface area contributed by atoms with Crippen LogP contribution in [-0.2, 0) is 13.1 Å². The number of benzene rings is 2. The van der Waals surface area contributed by atoms with Crippen LogP contribution < -0.4 is 0 Å². The molecule has 4 rings (SSSR count). The second-order valence-corrected chi connectivity index (χ2v) is 9.37. The highest BCUT2D eigenvalue weighted by Crippen LogP contribution is 2.23. The van der Waals surface area contributed by atoms with E-state index in [1.807, 2.05) is 59.8 Å². The number of halogens is 3. The molecule has 0 saturated carbocycles. The van der Waals surface area contributed by atoms with Crippen molar-refractivity contribution in [1.82, 2.24) is 19.6 Å². The van der Waals surface area contributed by atoms with E-state index in [1.165, 1.54) is 0 Å². The molecular weight excluding hydrogens is 467 g/mol. The third kappa shape index (κ3) is 5.12. The molecular formula is C24H25Cl3N4O. The Labute approximate surface area is 203 Å². The van der Waals surface area contributed by atoms with E-state index in [2.05, 4.69) is 10.00 Å². The first-order chi connectivity index (χ1) is 15.3. The molecule has 32 heavy (non-hydrogen) atoms. The fourth-order valence-corrected chi connectivity index (χ4v) is 4.54. The second-order valence-electron chi connectivity index (χ2n) is 8.14. The third-order valence-corrected chi connectivity index (χ3v) is 7.03. The molecule has 5 nitrogen and oxygen atoms in total. The predicted molar refractivity (Wildman–Crippen MR) is 130 cm³/mol. The summed E-state index contributed by atoms with van der Waals surface area (Å²) >= 11 is 18.5. The summed E-state index contributed by atoms with van der Waals surface area (Å²) in [5, 5.41) is 6.49. The smallest absolute Gasteiger partial charge is 0.253 e. The molecule has 0 spiro atoms. The highest BCUT2D eigenvalue weighted by atomic mass is 35.5. The molecule has 2 heterocycles. The van der Waals surface area contributed by atoms with Crippen LogP contribution in [0.15, 0.2) is 42.5 Å². The average molecular weight is 492 g/mol. The number of aromatic nitrogens is 2. The van der Waals surface area contributed by atoms with Crippen LogP contribution in [0.5, 0.6) is 0 Å². The largest absolute Gasteiger partial charge is 0.336 e. The van der Waals surface area contributed by atoms with Crippen LogP contribution in [-0.4, -0.2) is 51.7 Å². The molecule has 1 aliphatic rings. The molecule has 1 saturated heterocycles. The summed E-state index contributed by atoms with van der Waals surface area (Å²) in [6.07, 6.45) is 0. The molecule has 0 unspecified atom stereocenters. The second kappa shape index (κ2) is 9.84. The number of carbonyl (C=O) groups excluding carboxylic acids is 1. The molecule has 0 bridgehead atoms. The number of carbonyl (C=O) groups is 1. The van der Waals surface area contributed by atoms with Crippen molar-refractivity contribution in [3.05, 3.63) is 85.6 Å². The first-order valence-electron chi connectivity index (χ1n) is 10.6. The van der Waals surface area contributed by atoms with Gasteiger partial charge in [-0.2, -0.15) is 5.10 Å². The molecule has 1 aliphatic heterocycles. The Balaban J connectivity index is 1.33. The van der Waals surface area contributed by atoms with Crippen molar-refractivity contribution in [1.29, 1.82) is 0 Å². The van der Waals surface area contributed by atoms with E-state index in [-0.39, 0.29) is 5.91 Å². The fourth-order valence-electron chi connectivity index (χ4n) is 3.94. The Kier molecular flexibility index (Phi) is 7.11. The van der Waals surface area contributed by atoms with Gasteiger partial charge in [-0.05, 0) is 49.2 Å². The van der Waals surface area contributed by atoms with E-state index in [0.717, 1.165) is 42.1 Å². The zero-order valence-corrected chi connectivity index (χ0v) is 20.4. The van der Waals surface area contributed by atoms with Gasteiger partial charge in [-0.15, -0.1) is 0 Å². The van der Waals surface area contributed by atoms with Crippen LogP contribution in [0, 0.1) is 13.8 Å². The van der Waals surface area contributed by atoms with Crippen molar-refractivity contribution >= 4 is 40.7 Å². The topological polar surface area (TPSA) is 41.4 Å². The van der Waals surface area contributed by atoms with Crippen molar-refractivity contribution in [2.24, 2.45) is 0 Å². The van der Waals surface area contributed by atoms with Crippen LogP contribution >= 0.6 is 34.8 Å². The third-order valence-electron chi connectivity index (χ3n) is 5.89.